The first kappa shape index (κ1) is 25.0. The van der Waals surface area contributed by atoms with Crippen molar-refractivity contribution in [2.45, 2.75) is 44.4 Å². The second-order valence-corrected chi connectivity index (χ2v) is 10.7. The van der Waals surface area contributed by atoms with E-state index in [1.807, 2.05) is 12.3 Å². The molecular formula is C30H37N7O. The van der Waals surface area contributed by atoms with Crippen molar-refractivity contribution in [3.05, 3.63) is 78.4 Å². The fraction of sp³-hybridized carbons (Fsp3) is 0.433. The second-order valence-electron chi connectivity index (χ2n) is 10.7. The fourth-order valence-electron chi connectivity index (χ4n) is 5.71. The van der Waals surface area contributed by atoms with Gasteiger partial charge < -0.3 is 15.4 Å². The van der Waals surface area contributed by atoms with E-state index in [-0.39, 0.29) is 6.04 Å². The zero-order valence-electron chi connectivity index (χ0n) is 22.0. The third-order valence-electron chi connectivity index (χ3n) is 7.68. The van der Waals surface area contributed by atoms with Gasteiger partial charge in [-0.2, -0.15) is 0 Å². The summed E-state index contributed by atoms with van der Waals surface area (Å²) in [6.45, 7) is 11.3. The highest BCUT2D eigenvalue weighted by molar-refractivity contribution is 5.61. The number of anilines is 2. The number of pyridine rings is 1. The van der Waals surface area contributed by atoms with Crippen molar-refractivity contribution in [1.29, 1.82) is 0 Å². The van der Waals surface area contributed by atoms with Crippen LogP contribution >= 0.6 is 0 Å². The van der Waals surface area contributed by atoms with E-state index in [1.165, 1.54) is 5.56 Å². The molecule has 0 radical (unpaired) electrons. The van der Waals surface area contributed by atoms with Crippen LogP contribution in [-0.4, -0.2) is 76.2 Å². The van der Waals surface area contributed by atoms with E-state index < -0.39 is 0 Å². The summed E-state index contributed by atoms with van der Waals surface area (Å²) in [6, 6.07) is 14.9. The van der Waals surface area contributed by atoms with Gasteiger partial charge in [-0.05, 0) is 55.2 Å². The van der Waals surface area contributed by atoms with Gasteiger partial charge in [-0.25, -0.2) is 9.97 Å². The number of piperazine rings is 1. The molecule has 8 nitrogen and oxygen atoms in total. The molecule has 8 heteroatoms. The first-order chi connectivity index (χ1) is 18.7. The molecule has 3 aromatic rings. The Morgan fingerprint density at radius 3 is 2.66 bits per heavy atom. The minimum Gasteiger partial charge on any atom is -0.385 e. The van der Waals surface area contributed by atoms with Crippen molar-refractivity contribution in [1.82, 2.24) is 30.1 Å². The molecular weight excluding hydrogens is 474 g/mol. The molecule has 8 heterocycles. The molecule has 0 amide bonds. The van der Waals surface area contributed by atoms with Gasteiger partial charge in [0.05, 0.1) is 11.8 Å². The van der Waals surface area contributed by atoms with Gasteiger partial charge in [0.1, 0.15) is 0 Å². The topological polar surface area (TPSA) is 78.4 Å². The Kier molecular flexibility index (Phi) is 7.62. The van der Waals surface area contributed by atoms with Crippen LogP contribution in [0.25, 0.3) is 11.3 Å². The summed E-state index contributed by atoms with van der Waals surface area (Å²) >= 11 is 0. The van der Waals surface area contributed by atoms with E-state index in [1.54, 1.807) is 6.20 Å². The molecule has 2 fully saturated rings. The van der Waals surface area contributed by atoms with Crippen LogP contribution in [0.4, 0.5) is 11.6 Å². The van der Waals surface area contributed by atoms with Crippen molar-refractivity contribution in [2.75, 3.05) is 44.6 Å². The van der Waals surface area contributed by atoms with E-state index in [4.69, 9.17) is 14.7 Å². The van der Waals surface area contributed by atoms with Crippen LogP contribution in [0.15, 0.2) is 67.1 Å². The third kappa shape index (κ3) is 6.38. The molecule has 0 spiro atoms. The lowest BCUT2D eigenvalue weighted by Crippen LogP contribution is -2.47. The second kappa shape index (κ2) is 11.6. The van der Waals surface area contributed by atoms with Crippen molar-refractivity contribution >= 4 is 11.6 Å². The number of aromatic nitrogens is 3. The molecule has 2 aromatic heterocycles. The maximum absolute atomic E-state index is 5.98. The Balaban J connectivity index is 1.27. The molecule has 6 aliphatic heterocycles. The van der Waals surface area contributed by atoms with Gasteiger partial charge in [0, 0.05) is 93.4 Å². The van der Waals surface area contributed by atoms with Crippen LogP contribution in [0, 0.1) is 0 Å². The van der Waals surface area contributed by atoms with E-state index in [2.05, 4.69) is 68.4 Å². The monoisotopic (exact) mass is 511 g/mol. The van der Waals surface area contributed by atoms with E-state index in [0.717, 1.165) is 99.9 Å². The zero-order valence-corrected chi connectivity index (χ0v) is 22.0. The van der Waals surface area contributed by atoms with Gasteiger partial charge in [-0.1, -0.05) is 18.7 Å². The summed E-state index contributed by atoms with van der Waals surface area (Å²) in [4.78, 5) is 19.1. The van der Waals surface area contributed by atoms with Crippen LogP contribution in [0.1, 0.15) is 30.5 Å². The normalized spacial score (nSPS) is 25.8. The summed E-state index contributed by atoms with van der Waals surface area (Å²) in [5.41, 5.74) is 6.25. The predicted octanol–water partition coefficient (Wildman–Crippen LogP) is 4.00. The molecule has 198 valence electrons. The molecule has 0 saturated carbocycles. The first-order valence-corrected chi connectivity index (χ1v) is 13.8. The van der Waals surface area contributed by atoms with E-state index in [0.29, 0.717) is 12.1 Å². The van der Waals surface area contributed by atoms with Crippen LogP contribution in [0.5, 0.6) is 0 Å². The highest BCUT2D eigenvalue weighted by Gasteiger charge is 2.23. The lowest BCUT2D eigenvalue weighted by Gasteiger charge is -2.35. The first-order valence-electron chi connectivity index (χ1n) is 13.8. The minimum absolute atomic E-state index is 0.237. The largest absolute Gasteiger partial charge is 0.385 e. The Morgan fingerprint density at radius 2 is 1.87 bits per heavy atom. The number of nitrogens with zero attached hydrogens (tertiary/aromatic N) is 5. The summed E-state index contributed by atoms with van der Waals surface area (Å²) in [7, 11) is 0. The molecule has 2 N–H and O–H groups in total. The summed E-state index contributed by atoms with van der Waals surface area (Å²) in [5.74, 6) is 0.586. The number of ether oxygens (including phenoxy) is 1. The predicted molar refractivity (Wildman–Crippen MR) is 150 cm³/mol. The maximum atomic E-state index is 5.98. The molecule has 8 bridgehead atoms. The van der Waals surface area contributed by atoms with Gasteiger partial charge >= 0.3 is 0 Å². The van der Waals surface area contributed by atoms with Crippen LogP contribution in [-0.2, 0) is 17.7 Å². The molecule has 2 atom stereocenters. The Hall–Kier alpha value is -3.33. The molecule has 1 aromatic carbocycles. The average Bonchev–Trinajstić information content (AvgIpc) is 3.43. The van der Waals surface area contributed by atoms with Gasteiger partial charge in [-0.15, -0.1) is 0 Å². The maximum Gasteiger partial charge on any atom is 0.227 e. The number of nitrogens with one attached hydrogen (secondary N) is 2. The molecule has 6 aliphatic rings. The van der Waals surface area contributed by atoms with Crippen molar-refractivity contribution < 1.29 is 4.74 Å². The molecule has 2 saturated heterocycles. The molecule has 0 aliphatic carbocycles. The van der Waals surface area contributed by atoms with Crippen LogP contribution < -0.4 is 10.6 Å². The van der Waals surface area contributed by atoms with Gasteiger partial charge in [-0.3, -0.25) is 14.8 Å². The van der Waals surface area contributed by atoms with Gasteiger partial charge in [0.2, 0.25) is 5.95 Å². The minimum atomic E-state index is 0.237. The van der Waals surface area contributed by atoms with E-state index in [9.17, 15) is 0 Å². The van der Waals surface area contributed by atoms with Crippen LogP contribution in [0.2, 0.25) is 0 Å². The third-order valence-corrected chi connectivity index (χ3v) is 7.68. The quantitative estimate of drug-likeness (QED) is 0.535. The van der Waals surface area contributed by atoms with Crippen molar-refractivity contribution in [3.8, 4) is 11.3 Å². The standard InChI is InChI=1S/C30H37N7O/c1-22-20-36-11-13-37(14-12-36)21-23-4-2-5-26(16-23)34-30-31-10-9-29(35-30)24-7-8-25(32-19-24)17-27(33-22)18-28-6-3-15-38-28/h2,4-5,7-10,16,19,27-28,33H,1,3,6,11-15,17-18,20-21H2,(H,31,34,35). The highest BCUT2D eigenvalue weighted by Crippen LogP contribution is 2.23. The van der Waals surface area contributed by atoms with Gasteiger partial charge in [0.15, 0.2) is 0 Å². The molecule has 9 rings (SSSR count). The Labute approximate surface area is 225 Å². The molecule has 38 heavy (non-hydrogen) atoms. The number of hydrogen-bond acceptors (Lipinski definition) is 8. The highest BCUT2D eigenvalue weighted by atomic mass is 16.5. The Bertz CT molecular complexity index is 1230. The summed E-state index contributed by atoms with van der Waals surface area (Å²) < 4.78 is 5.98. The smallest absolute Gasteiger partial charge is 0.227 e. The van der Waals surface area contributed by atoms with Crippen LogP contribution in [0.3, 0.4) is 0 Å². The number of hydrogen-bond donors (Lipinski definition) is 2. The van der Waals surface area contributed by atoms with E-state index >= 15 is 0 Å². The SMILES string of the molecule is C=C1CN2CCN(CC2)Cc2cccc(c2)Nc2nccc(n2)-c2ccc(nc2)CC(CC2CCCO2)N1. The average molecular weight is 512 g/mol. The summed E-state index contributed by atoms with van der Waals surface area (Å²) in [5, 5.41) is 7.15. The zero-order chi connectivity index (χ0) is 25.7. The number of rotatable bonds is 2. The lowest BCUT2D eigenvalue weighted by atomic mass is 10.0. The Morgan fingerprint density at radius 1 is 1.00 bits per heavy atom. The fourth-order valence-corrected chi connectivity index (χ4v) is 5.71. The summed E-state index contributed by atoms with van der Waals surface area (Å²) in [6.07, 6.45) is 8.10. The van der Waals surface area contributed by atoms with Crippen molar-refractivity contribution in [2.24, 2.45) is 0 Å². The number of benzene rings is 1. The lowest BCUT2D eigenvalue weighted by molar-refractivity contribution is 0.0946. The molecule has 2 unspecified atom stereocenters. The van der Waals surface area contributed by atoms with Crippen molar-refractivity contribution in [3.63, 3.8) is 0 Å². The van der Waals surface area contributed by atoms with Gasteiger partial charge in [0.25, 0.3) is 0 Å².